The summed E-state index contributed by atoms with van der Waals surface area (Å²) in [6, 6.07) is 4.52. The van der Waals surface area contributed by atoms with Crippen LogP contribution in [0.15, 0.2) is 24.5 Å². The molecule has 3 heterocycles. The molecule has 1 atom stereocenters. The van der Waals surface area contributed by atoms with Crippen LogP contribution in [0.3, 0.4) is 0 Å². The molecular formula is C20H18ClF2N5O3. The monoisotopic (exact) mass is 449 g/mol. The van der Waals surface area contributed by atoms with Gasteiger partial charge in [-0.25, -0.2) is 13.8 Å². The van der Waals surface area contributed by atoms with Gasteiger partial charge in [0.25, 0.3) is 18.2 Å². The highest BCUT2D eigenvalue weighted by Gasteiger charge is 2.35. The number of hydrogen-bond acceptors (Lipinski definition) is 6. The van der Waals surface area contributed by atoms with E-state index in [1.807, 2.05) is 6.07 Å². The van der Waals surface area contributed by atoms with Crippen molar-refractivity contribution in [2.75, 3.05) is 13.2 Å². The van der Waals surface area contributed by atoms with E-state index < -0.39 is 25.0 Å². The fourth-order valence-corrected chi connectivity index (χ4v) is 3.40. The van der Waals surface area contributed by atoms with Crippen LogP contribution >= 0.6 is 11.6 Å². The number of rotatable bonds is 8. The number of nitrogens with zero attached hydrogens (tertiary/aromatic N) is 4. The third-order valence-corrected chi connectivity index (χ3v) is 5.01. The average molecular weight is 450 g/mol. The van der Waals surface area contributed by atoms with E-state index in [2.05, 4.69) is 15.3 Å². The summed E-state index contributed by atoms with van der Waals surface area (Å²) in [4.78, 5) is 35.0. The molecule has 0 aliphatic carbocycles. The molecule has 2 amide bonds. The molecular weight excluding hydrogens is 432 g/mol. The van der Waals surface area contributed by atoms with Crippen molar-refractivity contribution in [3.8, 4) is 11.9 Å². The number of pyridine rings is 2. The highest BCUT2D eigenvalue weighted by Crippen LogP contribution is 2.34. The maximum Gasteiger partial charge on any atom is 0.272 e. The van der Waals surface area contributed by atoms with Gasteiger partial charge in [-0.05, 0) is 24.6 Å². The second kappa shape index (κ2) is 9.66. The summed E-state index contributed by atoms with van der Waals surface area (Å²) in [6.45, 7) is 1.26. The van der Waals surface area contributed by atoms with Crippen molar-refractivity contribution in [1.29, 1.82) is 5.26 Å². The first kappa shape index (κ1) is 22.4. The van der Waals surface area contributed by atoms with Crippen LogP contribution in [0.1, 0.15) is 51.4 Å². The van der Waals surface area contributed by atoms with Crippen molar-refractivity contribution in [3.63, 3.8) is 0 Å². The topological polar surface area (TPSA) is 108 Å². The molecule has 0 radical (unpaired) electrons. The SMILES string of the molecule is CC(c1cnc(OCC(F)F)c(Cl)c1)N1Cc2c(ccnc2C(=O)NCCC#N)C1=O. The minimum absolute atomic E-state index is 0.0494. The summed E-state index contributed by atoms with van der Waals surface area (Å²) in [5.74, 6) is -0.862. The number of alkyl halides is 2. The number of amides is 2. The molecule has 11 heteroatoms. The number of aromatic nitrogens is 2. The Balaban J connectivity index is 1.79. The number of nitriles is 1. The first-order chi connectivity index (χ1) is 14.8. The lowest BCUT2D eigenvalue weighted by Crippen LogP contribution is -2.28. The minimum atomic E-state index is -2.66. The molecule has 0 saturated carbocycles. The summed E-state index contributed by atoms with van der Waals surface area (Å²) in [7, 11) is 0. The lowest BCUT2D eigenvalue weighted by molar-refractivity contribution is 0.0712. The number of fused-ring (bicyclic) bond motifs is 1. The van der Waals surface area contributed by atoms with Gasteiger partial charge in [0.15, 0.2) is 6.61 Å². The van der Waals surface area contributed by atoms with Crippen molar-refractivity contribution in [1.82, 2.24) is 20.2 Å². The Labute approximate surface area is 181 Å². The molecule has 1 aliphatic rings. The van der Waals surface area contributed by atoms with Crippen LogP contribution in [0.5, 0.6) is 5.88 Å². The predicted octanol–water partition coefficient (Wildman–Crippen LogP) is 3.13. The van der Waals surface area contributed by atoms with Gasteiger partial charge >= 0.3 is 0 Å². The van der Waals surface area contributed by atoms with Gasteiger partial charge in [-0.2, -0.15) is 5.26 Å². The molecule has 2 aromatic rings. The number of nitrogens with one attached hydrogen (secondary N) is 1. The molecule has 1 unspecified atom stereocenters. The van der Waals surface area contributed by atoms with Gasteiger partial charge in [-0.3, -0.25) is 14.6 Å². The molecule has 0 fully saturated rings. The van der Waals surface area contributed by atoms with Crippen LogP contribution in [0.25, 0.3) is 0 Å². The molecule has 3 rings (SSSR count). The zero-order valence-electron chi connectivity index (χ0n) is 16.4. The quantitative estimate of drug-likeness (QED) is 0.620. The molecule has 2 aromatic heterocycles. The van der Waals surface area contributed by atoms with Crippen LogP contribution in [-0.2, 0) is 6.54 Å². The molecule has 0 aromatic carbocycles. The van der Waals surface area contributed by atoms with Crippen LogP contribution < -0.4 is 10.1 Å². The van der Waals surface area contributed by atoms with Gasteiger partial charge in [0.1, 0.15) is 10.7 Å². The third-order valence-electron chi connectivity index (χ3n) is 4.74. The highest BCUT2D eigenvalue weighted by atomic mass is 35.5. The van der Waals surface area contributed by atoms with Crippen molar-refractivity contribution in [2.24, 2.45) is 0 Å². The number of carbonyl (C=O) groups excluding carboxylic acids is 2. The van der Waals surface area contributed by atoms with Crippen LogP contribution in [0.4, 0.5) is 8.78 Å². The highest BCUT2D eigenvalue weighted by molar-refractivity contribution is 6.31. The molecule has 0 saturated heterocycles. The first-order valence-corrected chi connectivity index (χ1v) is 9.71. The summed E-state index contributed by atoms with van der Waals surface area (Å²) >= 11 is 6.09. The maximum atomic E-state index is 12.9. The number of ether oxygens (including phenoxy) is 1. The second-order valence-electron chi connectivity index (χ2n) is 6.72. The van der Waals surface area contributed by atoms with E-state index in [9.17, 15) is 18.4 Å². The standard InChI is InChI=1S/C20H18ClF2N5O3/c1-11(12-7-15(21)19(27-8-12)31-10-16(22)23)28-9-14-13(20(28)30)3-6-25-17(14)18(29)26-5-2-4-24/h3,6-8,11,16H,2,5,9-10H2,1H3,(H,26,29). The van der Waals surface area contributed by atoms with Gasteiger partial charge in [0.2, 0.25) is 5.88 Å². The van der Waals surface area contributed by atoms with Crippen molar-refractivity contribution < 1.29 is 23.1 Å². The smallest absolute Gasteiger partial charge is 0.272 e. The zero-order valence-corrected chi connectivity index (χ0v) is 17.2. The Morgan fingerprint density at radius 3 is 2.90 bits per heavy atom. The number of hydrogen-bond donors (Lipinski definition) is 1. The van der Waals surface area contributed by atoms with E-state index in [-0.39, 0.29) is 42.0 Å². The summed E-state index contributed by atoms with van der Waals surface area (Å²) in [6.07, 6.45) is 0.296. The molecule has 31 heavy (non-hydrogen) atoms. The first-order valence-electron chi connectivity index (χ1n) is 9.33. The Morgan fingerprint density at radius 1 is 1.45 bits per heavy atom. The normalized spacial score (nSPS) is 13.7. The third kappa shape index (κ3) is 4.88. The van der Waals surface area contributed by atoms with Gasteiger partial charge in [0.05, 0.1) is 18.5 Å². The van der Waals surface area contributed by atoms with Crippen molar-refractivity contribution in [2.45, 2.75) is 32.4 Å². The minimum Gasteiger partial charge on any atom is -0.471 e. The fraction of sp³-hybridized carbons (Fsp3) is 0.350. The van der Waals surface area contributed by atoms with Gasteiger partial charge in [-0.1, -0.05) is 11.6 Å². The van der Waals surface area contributed by atoms with E-state index >= 15 is 0 Å². The maximum absolute atomic E-state index is 12.9. The van der Waals surface area contributed by atoms with Crippen molar-refractivity contribution in [3.05, 3.63) is 51.9 Å². The van der Waals surface area contributed by atoms with Gasteiger partial charge in [-0.15, -0.1) is 0 Å². The Kier molecular flexibility index (Phi) is 6.97. The molecule has 1 aliphatic heterocycles. The number of carbonyl (C=O) groups is 2. The van der Waals surface area contributed by atoms with Crippen LogP contribution in [-0.4, -0.2) is 46.3 Å². The summed E-state index contributed by atoms with van der Waals surface area (Å²) in [5, 5.41) is 11.3. The fourth-order valence-electron chi connectivity index (χ4n) is 3.17. The van der Waals surface area contributed by atoms with Crippen LogP contribution in [0, 0.1) is 11.3 Å². The molecule has 0 bridgehead atoms. The Hall–Kier alpha value is -3.32. The molecule has 0 spiro atoms. The van der Waals surface area contributed by atoms with E-state index in [1.54, 1.807) is 13.0 Å². The lowest BCUT2D eigenvalue weighted by atomic mass is 10.1. The molecule has 162 valence electrons. The Bertz CT molecular complexity index is 1040. The zero-order chi connectivity index (χ0) is 22.5. The Morgan fingerprint density at radius 2 is 2.23 bits per heavy atom. The molecule has 1 N–H and O–H groups in total. The van der Waals surface area contributed by atoms with E-state index in [1.165, 1.54) is 23.4 Å². The predicted molar refractivity (Wildman–Crippen MR) is 106 cm³/mol. The van der Waals surface area contributed by atoms with Gasteiger partial charge < -0.3 is 15.0 Å². The average Bonchev–Trinajstić information content (AvgIpc) is 3.09. The second-order valence-corrected chi connectivity index (χ2v) is 7.12. The van der Waals surface area contributed by atoms with E-state index in [0.29, 0.717) is 16.7 Å². The van der Waals surface area contributed by atoms with E-state index in [0.717, 1.165) is 0 Å². The van der Waals surface area contributed by atoms with Gasteiger partial charge in [0, 0.05) is 36.6 Å². The largest absolute Gasteiger partial charge is 0.471 e. The lowest BCUT2D eigenvalue weighted by Gasteiger charge is -2.24. The number of halogens is 3. The summed E-state index contributed by atoms with van der Waals surface area (Å²) < 4.78 is 29.5. The summed E-state index contributed by atoms with van der Waals surface area (Å²) in [5.41, 5.74) is 1.56. The van der Waals surface area contributed by atoms with Crippen molar-refractivity contribution >= 4 is 23.4 Å². The molecule has 8 nitrogen and oxygen atoms in total. The van der Waals surface area contributed by atoms with E-state index in [4.69, 9.17) is 21.6 Å². The van der Waals surface area contributed by atoms with Crippen LogP contribution in [0.2, 0.25) is 5.02 Å².